The maximum absolute atomic E-state index is 6.99. The Morgan fingerprint density at radius 3 is 1.60 bits per heavy atom. The number of ether oxygens (including phenoxy) is 1. The van der Waals surface area contributed by atoms with Gasteiger partial charge in [-0.05, 0) is 115 Å². The zero-order valence-electron chi connectivity index (χ0n) is 42.2. The molecule has 0 N–H and O–H groups in total. The van der Waals surface area contributed by atoms with Crippen molar-refractivity contribution in [2.45, 2.75) is 52.4 Å². The Kier molecular flexibility index (Phi) is 10.3. The van der Waals surface area contributed by atoms with Crippen LogP contribution >= 0.6 is 0 Å². The van der Waals surface area contributed by atoms with Crippen molar-refractivity contribution in [3.05, 3.63) is 230 Å². The second-order valence-corrected chi connectivity index (χ2v) is 21.6. The van der Waals surface area contributed by atoms with Crippen LogP contribution in [-0.4, -0.2) is 16.1 Å². The third kappa shape index (κ3) is 7.49. The molecule has 354 valence electrons. The highest BCUT2D eigenvalue weighted by molar-refractivity contribution is 6.25. The number of aromatic nitrogens is 2. The van der Waals surface area contributed by atoms with E-state index in [4.69, 9.17) is 9.72 Å². The summed E-state index contributed by atoms with van der Waals surface area (Å²) in [5.41, 5.74) is 14.8. The van der Waals surface area contributed by atoms with E-state index in [0.29, 0.717) is 6.67 Å². The molecule has 0 bridgehead atoms. The zero-order chi connectivity index (χ0) is 49.6. The van der Waals surface area contributed by atoms with Gasteiger partial charge in [0.15, 0.2) is 0 Å². The van der Waals surface area contributed by atoms with Crippen molar-refractivity contribution in [3.63, 3.8) is 0 Å². The number of para-hydroxylation sites is 4. The SMILES string of the molecule is CC(C)(C)c1ccc2c(c1)c1ccc(C(C)(C)C)cc1c1cccnc1n1c3cc(Oc4cccc(N5CN(c6c(-c7ccccc7)cccc6-c6ccccc6)c6ccccc65)c4)ccc3c3cccc2c31. The molecule has 0 unspecified atom stereocenters. The van der Waals surface area contributed by atoms with Crippen LogP contribution in [0.2, 0.25) is 0 Å². The summed E-state index contributed by atoms with van der Waals surface area (Å²) in [6, 6.07) is 77.2. The van der Waals surface area contributed by atoms with E-state index in [0.717, 1.165) is 56.0 Å². The zero-order valence-corrected chi connectivity index (χ0v) is 42.2. The Morgan fingerprint density at radius 2 is 0.945 bits per heavy atom. The Balaban J connectivity index is 0.969. The second kappa shape index (κ2) is 17.0. The minimum Gasteiger partial charge on any atom is -0.457 e. The smallest absolute Gasteiger partial charge is 0.145 e. The summed E-state index contributed by atoms with van der Waals surface area (Å²) in [6.07, 6.45) is 1.93. The number of anilines is 4. The first-order valence-electron chi connectivity index (χ1n) is 25.5. The summed E-state index contributed by atoms with van der Waals surface area (Å²) in [4.78, 5) is 10.2. The third-order valence-corrected chi connectivity index (χ3v) is 15.0. The van der Waals surface area contributed by atoms with Crippen LogP contribution in [0.3, 0.4) is 0 Å². The van der Waals surface area contributed by atoms with Crippen LogP contribution in [0.1, 0.15) is 52.7 Å². The molecule has 73 heavy (non-hydrogen) atoms. The normalized spacial score (nSPS) is 13.0. The minimum atomic E-state index is -0.0525. The maximum atomic E-state index is 6.99. The molecule has 4 heterocycles. The molecule has 5 heteroatoms. The van der Waals surface area contributed by atoms with Crippen LogP contribution in [0, 0.1) is 0 Å². The number of hydrogen-bond donors (Lipinski definition) is 0. The topological polar surface area (TPSA) is 33.0 Å². The van der Waals surface area contributed by atoms with Gasteiger partial charge in [-0.1, -0.05) is 181 Å². The van der Waals surface area contributed by atoms with E-state index in [1.54, 1.807) is 0 Å². The van der Waals surface area contributed by atoms with Gasteiger partial charge in [0.2, 0.25) is 0 Å². The van der Waals surface area contributed by atoms with Gasteiger partial charge in [0, 0.05) is 56.7 Å². The first kappa shape index (κ1) is 44.3. The van der Waals surface area contributed by atoms with E-state index in [1.165, 1.54) is 71.4 Å². The summed E-state index contributed by atoms with van der Waals surface area (Å²) in [5.74, 6) is 1.51. The number of benzene rings is 9. The average Bonchev–Trinajstić information content (AvgIpc) is 3.97. The van der Waals surface area contributed by atoms with Crippen LogP contribution in [-0.2, 0) is 10.8 Å². The first-order chi connectivity index (χ1) is 35.5. The molecular weight excluding hydrogens is 889 g/mol. The van der Waals surface area contributed by atoms with Crippen molar-refractivity contribution in [3.8, 4) is 33.8 Å². The van der Waals surface area contributed by atoms with Gasteiger partial charge >= 0.3 is 0 Å². The van der Waals surface area contributed by atoms with Gasteiger partial charge in [-0.15, -0.1) is 0 Å². The van der Waals surface area contributed by atoms with Gasteiger partial charge in [-0.2, -0.15) is 0 Å². The van der Waals surface area contributed by atoms with E-state index in [9.17, 15) is 0 Å². The van der Waals surface area contributed by atoms with E-state index < -0.39 is 0 Å². The van der Waals surface area contributed by atoms with Crippen molar-refractivity contribution in [2.24, 2.45) is 0 Å². The van der Waals surface area contributed by atoms with Crippen molar-refractivity contribution in [1.29, 1.82) is 0 Å². The third-order valence-electron chi connectivity index (χ3n) is 15.0. The predicted octanol–water partition coefficient (Wildman–Crippen LogP) is 18.6. The highest BCUT2D eigenvalue weighted by Crippen LogP contribution is 2.51. The minimum absolute atomic E-state index is 0.0318. The molecular formula is C68H56N4O. The van der Waals surface area contributed by atoms with Crippen molar-refractivity contribution in [1.82, 2.24) is 9.38 Å². The average molecular weight is 945 g/mol. The molecule has 13 rings (SSSR count). The van der Waals surface area contributed by atoms with E-state index in [-0.39, 0.29) is 10.8 Å². The molecule has 0 aliphatic carbocycles. The number of fused-ring (bicyclic) bond motifs is 11. The molecule has 3 aromatic heterocycles. The summed E-state index contributed by atoms with van der Waals surface area (Å²) in [7, 11) is 0. The first-order valence-corrected chi connectivity index (χ1v) is 25.5. The Labute approximate surface area is 426 Å². The van der Waals surface area contributed by atoms with Crippen LogP contribution in [0.4, 0.5) is 22.7 Å². The summed E-state index contributed by atoms with van der Waals surface area (Å²) in [6.45, 7) is 14.4. The van der Waals surface area contributed by atoms with E-state index in [2.05, 4.69) is 268 Å². The van der Waals surface area contributed by atoms with Gasteiger partial charge in [-0.3, -0.25) is 4.40 Å². The number of hydrogen-bond acceptors (Lipinski definition) is 4. The molecule has 1 aliphatic heterocycles. The number of rotatable bonds is 6. The van der Waals surface area contributed by atoms with Crippen molar-refractivity contribution < 1.29 is 4.74 Å². The molecule has 9 aromatic carbocycles. The largest absolute Gasteiger partial charge is 0.457 e. The lowest BCUT2D eigenvalue weighted by Gasteiger charge is -2.27. The standard InChI is InChI=1S/C68H56N4O/c1-67(2,3)46-32-35-53-56-27-17-28-57-55-37-34-50(42-63(55)72(65(56)57)66-58(29-18-38-69-66)60-40-47(68(4,5)6)33-36-54(60)59(53)39-46)73-49-24-15-23-48(41-49)70-43-71(62-31-14-13-30-61(62)70)64-51(44-19-9-7-10-20-44)25-16-26-52(64)45-21-11-8-12-22-45/h7-42H,43H2,1-6H3. The van der Waals surface area contributed by atoms with Crippen LogP contribution in [0.15, 0.2) is 219 Å². The van der Waals surface area contributed by atoms with Crippen LogP contribution < -0.4 is 14.5 Å². The number of nitrogens with zero attached hydrogens (tertiary/aromatic N) is 4. The second-order valence-electron chi connectivity index (χ2n) is 21.6. The molecule has 0 saturated carbocycles. The van der Waals surface area contributed by atoms with Gasteiger partial charge < -0.3 is 14.5 Å². The molecule has 1 aliphatic rings. The molecule has 0 amide bonds. The van der Waals surface area contributed by atoms with Gasteiger partial charge in [0.05, 0.1) is 28.1 Å². The fraction of sp³-hybridized carbons (Fsp3) is 0.132. The van der Waals surface area contributed by atoms with Gasteiger partial charge in [0.25, 0.3) is 0 Å². The molecule has 0 spiro atoms. The van der Waals surface area contributed by atoms with Gasteiger partial charge in [0.1, 0.15) is 23.8 Å². The molecule has 0 radical (unpaired) electrons. The highest BCUT2D eigenvalue weighted by Gasteiger charge is 2.31. The number of pyridine rings is 1. The summed E-state index contributed by atoms with van der Waals surface area (Å²) >= 11 is 0. The summed E-state index contributed by atoms with van der Waals surface area (Å²) in [5, 5.41) is 9.40. The maximum Gasteiger partial charge on any atom is 0.145 e. The molecule has 0 fully saturated rings. The van der Waals surface area contributed by atoms with Crippen LogP contribution in [0.25, 0.3) is 82.0 Å². The highest BCUT2D eigenvalue weighted by atomic mass is 16.5. The lowest BCUT2D eigenvalue weighted by atomic mass is 9.84. The van der Waals surface area contributed by atoms with E-state index >= 15 is 0 Å². The van der Waals surface area contributed by atoms with Crippen molar-refractivity contribution in [2.75, 3.05) is 16.5 Å². The fourth-order valence-electron chi connectivity index (χ4n) is 11.3. The summed E-state index contributed by atoms with van der Waals surface area (Å²) < 4.78 is 9.38. The Bertz CT molecular complexity index is 4120. The fourth-order valence-corrected chi connectivity index (χ4v) is 11.3. The Hall–Kier alpha value is -8.67. The monoisotopic (exact) mass is 944 g/mol. The molecule has 0 saturated heterocycles. The molecule has 0 atom stereocenters. The van der Waals surface area contributed by atoms with Crippen LogP contribution in [0.5, 0.6) is 11.5 Å². The molecule has 5 nitrogen and oxygen atoms in total. The lowest BCUT2D eigenvalue weighted by molar-refractivity contribution is 0.483. The van der Waals surface area contributed by atoms with E-state index in [1.807, 2.05) is 6.20 Å². The molecule has 12 aromatic rings. The van der Waals surface area contributed by atoms with Crippen molar-refractivity contribution >= 4 is 82.5 Å². The quantitative estimate of drug-likeness (QED) is 0.166. The Morgan fingerprint density at radius 1 is 0.411 bits per heavy atom. The van der Waals surface area contributed by atoms with Gasteiger partial charge in [-0.25, -0.2) is 4.98 Å². The predicted molar refractivity (Wildman–Crippen MR) is 308 cm³/mol. The lowest BCUT2D eigenvalue weighted by Crippen LogP contribution is -2.24.